The number of benzene rings is 1. The summed E-state index contributed by atoms with van der Waals surface area (Å²) in [5.41, 5.74) is 3.66. The number of rotatable bonds is 5. The van der Waals surface area contributed by atoms with Gasteiger partial charge in [-0.05, 0) is 38.7 Å². The summed E-state index contributed by atoms with van der Waals surface area (Å²) in [6.45, 7) is 4.71. The predicted molar refractivity (Wildman–Crippen MR) is 73.9 cm³/mol. The van der Waals surface area contributed by atoms with Crippen LogP contribution in [-0.4, -0.2) is 18.4 Å². The third-order valence-electron chi connectivity index (χ3n) is 3.84. The van der Waals surface area contributed by atoms with Crippen molar-refractivity contribution in [2.75, 3.05) is 6.54 Å². The fraction of sp³-hybridized carbons (Fsp3) is 0.500. The minimum absolute atomic E-state index is 0. The van der Waals surface area contributed by atoms with Gasteiger partial charge in [-0.2, -0.15) is 0 Å². The topological polar surface area (TPSA) is 69.2 Å². The third-order valence-corrected chi connectivity index (χ3v) is 3.84. The summed E-state index contributed by atoms with van der Waals surface area (Å²) >= 11 is 0. The van der Waals surface area contributed by atoms with E-state index in [1.165, 1.54) is 16.7 Å². The summed E-state index contributed by atoms with van der Waals surface area (Å²) in [5, 5.41) is 13.4. The number of carbonyl (C=O) groups is 2. The van der Waals surface area contributed by atoms with E-state index in [1.807, 2.05) is 0 Å². The summed E-state index contributed by atoms with van der Waals surface area (Å²) < 4.78 is 0. The van der Waals surface area contributed by atoms with Gasteiger partial charge in [0.2, 0.25) is 5.91 Å². The Balaban J connectivity index is 0.00000220. The second-order valence-electron chi connectivity index (χ2n) is 5.72. The fourth-order valence-electron chi connectivity index (χ4n) is 2.71. The van der Waals surface area contributed by atoms with Crippen LogP contribution in [0.1, 0.15) is 29.5 Å². The Morgan fingerprint density at radius 1 is 1.14 bits per heavy atom. The molecule has 0 saturated heterocycles. The zero-order chi connectivity index (χ0) is 14.7. The van der Waals surface area contributed by atoms with Gasteiger partial charge in [0.1, 0.15) is 0 Å². The quantitative estimate of drug-likeness (QED) is 0.624. The molecule has 0 heterocycles. The molecule has 1 aromatic carbocycles. The first-order valence-electron chi connectivity index (χ1n) is 7.01. The molecule has 1 N–H and O–H groups in total. The van der Waals surface area contributed by atoms with Crippen LogP contribution in [0.25, 0.3) is 0 Å². The van der Waals surface area contributed by atoms with Crippen LogP contribution < -0.4 is 40.0 Å². The molecule has 1 aliphatic carbocycles. The van der Waals surface area contributed by atoms with Gasteiger partial charge in [-0.3, -0.25) is 4.79 Å². The summed E-state index contributed by atoms with van der Waals surface area (Å²) in [7, 11) is 0. The molecule has 0 radical (unpaired) electrons. The van der Waals surface area contributed by atoms with Gasteiger partial charge in [0, 0.05) is 24.3 Å². The van der Waals surface area contributed by atoms with E-state index in [4.69, 9.17) is 0 Å². The number of hydrogen-bond acceptors (Lipinski definition) is 3. The van der Waals surface area contributed by atoms with Gasteiger partial charge in [-0.1, -0.05) is 29.3 Å². The summed E-state index contributed by atoms with van der Waals surface area (Å²) in [5.74, 6) is -1.67. The molecule has 0 unspecified atom stereocenters. The molecule has 1 aliphatic rings. The van der Waals surface area contributed by atoms with E-state index in [9.17, 15) is 14.7 Å². The first-order valence-corrected chi connectivity index (χ1v) is 7.01. The van der Waals surface area contributed by atoms with Crippen LogP contribution in [0, 0.1) is 25.7 Å². The number of carbonyl (C=O) groups excluding carboxylic acids is 2. The first-order chi connectivity index (χ1) is 9.45. The van der Waals surface area contributed by atoms with Crippen molar-refractivity contribution in [2.24, 2.45) is 11.8 Å². The maximum absolute atomic E-state index is 11.8. The van der Waals surface area contributed by atoms with Crippen LogP contribution in [-0.2, 0) is 16.0 Å². The number of amides is 1. The molecule has 1 aromatic rings. The van der Waals surface area contributed by atoms with Crippen LogP contribution >= 0.6 is 0 Å². The van der Waals surface area contributed by atoms with Gasteiger partial charge < -0.3 is 15.2 Å². The average molecular weight is 297 g/mol. The van der Waals surface area contributed by atoms with Gasteiger partial charge in [-0.25, -0.2) is 0 Å². The second kappa shape index (κ2) is 7.97. The zero-order valence-electron chi connectivity index (χ0n) is 12.9. The Labute approximate surface area is 147 Å². The van der Waals surface area contributed by atoms with Crippen molar-refractivity contribution >= 4 is 11.9 Å². The Kier molecular flexibility index (Phi) is 6.91. The van der Waals surface area contributed by atoms with E-state index < -0.39 is 11.9 Å². The van der Waals surface area contributed by atoms with Crippen LogP contribution in [0.5, 0.6) is 0 Å². The summed E-state index contributed by atoms with van der Waals surface area (Å²) in [6.07, 6.45) is 1.63. The molecular formula is C16H20NNaO3. The average Bonchev–Trinajstić information content (AvgIpc) is 2.24. The van der Waals surface area contributed by atoms with E-state index in [-0.39, 0.29) is 41.4 Å². The summed E-state index contributed by atoms with van der Waals surface area (Å²) in [4.78, 5) is 22.4. The van der Waals surface area contributed by atoms with E-state index in [2.05, 4.69) is 37.4 Å². The molecule has 0 aliphatic heterocycles. The SMILES string of the molecule is Cc1cc(C)cc(CCNC(=O)C2CC(C(=O)[O-])C2)c1.[Na+]. The smallest absolute Gasteiger partial charge is 0.550 e. The Hall–Kier alpha value is -0.840. The molecule has 0 atom stereocenters. The maximum Gasteiger partial charge on any atom is 1.00 e. The van der Waals surface area contributed by atoms with E-state index in [0.717, 1.165) is 6.42 Å². The molecular weight excluding hydrogens is 277 g/mol. The van der Waals surface area contributed by atoms with Crippen molar-refractivity contribution < 1.29 is 44.3 Å². The van der Waals surface area contributed by atoms with Crippen molar-refractivity contribution in [1.29, 1.82) is 0 Å². The van der Waals surface area contributed by atoms with E-state index >= 15 is 0 Å². The second-order valence-corrected chi connectivity index (χ2v) is 5.72. The first kappa shape index (κ1) is 18.2. The Bertz CT molecular complexity index is 504. The maximum atomic E-state index is 11.8. The molecule has 1 amide bonds. The van der Waals surface area contributed by atoms with Gasteiger partial charge in [0.15, 0.2) is 0 Å². The zero-order valence-corrected chi connectivity index (χ0v) is 14.9. The van der Waals surface area contributed by atoms with Gasteiger partial charge in [-0.15, -0.1) is 0 Å². The summed E-state index contributed by atoms with van der Waals surface area (Å²) in [6, 6.07) is 6.36. The Morgan fingerprint density at radius 3 is 2.24 bits per heavy atom. The van der Waals surface area contributed by atoms with Gasteiger partial charge >= 0.3 is 29.6 Å². The van der Waals surface area contributed by atoms with Crippen LogP contribution in [0.2, 0.25) is 0 Å². The fourth-order valence-corrected chi connectivity index (χ4v) is 2.71. The molecule has 0 spiro atoms. The minimum Gasteiger partial charge on any atom is -0.550 e. The number of hydrogen-bond donors (Lipinski definition) is 1. The monoisotopic (exact) mass is 297 g/mol. The third kappa shape index (κ3) is 5.13. The van der Waals surface area contributed by atoms with Crippen molar-refractivity contribution in [1.82, 2.24) is 5.32 Å². The number of aliphatic carboxylic acids is 1. The predicted octanol–water partition coefficient (Wildman–Crippen LogP) is -2.26. The molecule has 1 saturated carbocycles. The van der Waals surface area contributed by atoms with Crippen LogP contribution in [0.4, 0.5) is 0 Å². The Morgan fingerprint density at radius 2 is 1.71 bits per heavy atom. The molecule has 108 valence electrons. The minimum atomic E-state index is -1.04. The van der Waals surface area contributed by atoms with Crippen molar-refractivity contribution in [3.8, 4) is 0 Å². The van der Waals surface area contributed by atoms with Gasteiger partial charge in [0.25, 0.3) is 0 Å². The molecule has 21 heavy (non-hydrogen) atoms. The normalized spacial score (nSPS) is 20.1. The van der Waals surface area contributed by atoms with Crippen molar-refractivity contribution in [3.63, 3.8) is 0 Å². The van der Waals surface area contributed by atoms with Crippen molar-refractivity contribution in [3.05, 3.63) is 34.9 Å². The number of carboxylic acids is 1. The molecule has 4 nitrogen and oxygen atoms in total. The largest absolute Gasteiger partial charge is 1.00 e. The number of carboxylic acid groups (broad SMARTS) is 1. The molecule has 5 heteroatoms. The molecule has 2 rings (SSSR count). The molecule has 0 aromatic heterocycles. The van der Waals surface area contributed by atoms with Crippen LogP contribution in [0.3, 0.4) is 0 Å². The van der Waals surface area contributed by atoms with Crippen molar-refractivity contribution in [2.45, 2.75) is 33.1 Å². The van der Waals surface area contributed by atoms with Crippen LogP contribution in [0.15, 0.2) is 18.2 Å². The number of nitrogens with one attached hydrogen (secondary N) is 1. The molecule has 0 bridgehead atoms. The van der Waals surface area contributed by atoms with E-state index in [0.29, 0.717) is 19.4 Å². The standard InChI is InChI=1S/C16H21NO3.Na/c1-10-5-11(2)7-12(6-10)3-4-17-15(18)13-8-14(9-13)16(19)20;/h5-7,13-14H,3-4,8-9H2,1-2H3,(H,17,18)(H,19,20);/q;+1/p-1. The molecule has 1 fully saturated rings. The van der Waals surface area contributed by atoms with Gasteiger partial charge in [0.05, 0.1) is 0 Å². The van der Waals surface area contributed by atoms with E-state index in [1.54, 1.807) is 0 Å². The number of aryl methyl sites for hydroxylation is 2.